The van der Waals surface area contributed by atoms with Crippen LogP contribution in [0, 0.1) is 12.8 Å². The Labute approximate surface area is 101 Å². The van der Waals surface area contributed by atoms with E-state index in [4.69, 9.17) is 4.52 Å². The molecule has 0 saturated heterocycles. The molecule has 2 N–H and O–H groups in total. The van der Waals surface area contributed by atoms with E-state index in [-0.39, 0.29) is 12.5 Å². The van der Waals surface area contributed by atoms with E-state index in [1.54, 1.807) is 13.8 Å². The van der Waals surface area contributed by atoms with Crippen molar-refractivity contribution >= 4 is 5.91 Å². The number of amides is 1. The van der Waals surface area contributed by atoms with Crippen molar-refractivity contribution in [1.29, 1.82) is 0 Å². The van der Waals surface area contributed by atoms with Crippen molar-refractivity contribution in [1.82, 2.24) is 10.5 Å². The van der Waals surface area contributed by atoms with E-state index < -0.39 is 5.60 Å². The third-order valence-electron chi connectivity index (χ3n) is 2.47. The first-order valence-corrected chi connectivity index (χ1v) is 5.73. The van der Waals surface area contributed by atoms with Crippen molar-refractivity contribution < 1.29 is 14.4 Å². The highest BCUT2D eigenvalue weighted by atomic mass is 16.5. The molecule has 0 aliphatic carbocycles. The molecule has 1 amide bonds. The van der Waals surface area contributed by atoms with Crippen LogP contribution in [-0.4, -0.2) is 28.3 Å². The third-order valence-corrected chi connectivity index (χ3v) is 2.47. The van der Waals surface area contributed by atoms with Crippen LogP contribution >= 0.6 is 0 Å². The molecule has 17 heavy (non-hydrogen) atoms. The van der Waals surface area contributed by atoms with Gasteiger partial charge in [0.15, 0.2) is 0 Å². The molecule has 5 heteroatoms. The Balaban J connectivity index is 2.51. The molecule has 0 aliphatic heterocycles. The molecule has 1 rings (SSSR count). The molecule has 1 heterocycles. The largest absolute Gasteiger partial charge is 0.388 e. The van der Waals surface area contributed by atoms with Crippen LogP contribution in [0.2, 0.25) is 0 Å². The second kappa shape index (κ2) is 5.31. The molecule has 96 valence electrons. The summed E-state index contributed by atoms with van der Waals surface area (Å²) in [5, 5.41) is 16.3. The van der Waals surface area contributed by atoms with E-state index >= 15 is 0 Å². The van der Waals surface area contributed by atoms with Gasteiger partial charge in [-0.3, -0.25) is 4.79 Å². The minimum atomic E-state index is -0.894. The van der Waals surface area contributed by atoms with Crippen LogP contribution in [0.4, 0.5) is 0 Å². The lowest BCUT2D eigenvalue weighted by molar-refractivity contribution is 0.0368. The summed E-state index contributed by atoms with van der Waals surface area (Å²) in [6.45, 7) is 7.66. The predicted molar refractivity (Wildman–Crippen MR) is 63.7 cm³/mol. The molecule has 5 nitrogen and oxygen atoms in total. The van der Waals surface area contributed by atoms with E-state index in [0.29, 0.717) is 23.7 Å². The number of carbonyl (C=O) groups is 1. The van der Waals surface area contributed by atoms with Gasteiger partial charge in [0.2, 0.25) is 0 Å². The van der Waals surface area contributed by atoms with Crippen LogP contribution < -0.4 is 5.32 Å². The lowest BCUT2D eigenvalue weighted by atomic mass is 9.94. The minimum absolute atomic E-state index is 0.217. The van der Waals surface area contributed by atoms with Crippen molar-refractivity contribution in [2.75, 3.05) is 6.54 Å². The second-order valence-corrected chi connectivity index (χ2v) is 5.07. The Morgan fingerprint density at radius 3 is 2.76 bits per heavy atom. The van der Waals surface area contributed by atoms with E-state index in [1.165, 1.54) is 6.20 Å². The number of aliphatic hydroxyl groups is 1. The second-order valence-electron chi connectivity index (χ2n) is 5.07. The highest BCUT2D eigenvalue weighted by Crippen LogP contribution is 2.15. The highest BCUT2D eigenvalue weighted by molar-refractivity contribution is 5.94. The molecule has 0 spiro atoms. The van der Waals surface area contributed by atoms with Gasteiger partial charge in [0.25, 0.3) is 5.91 Å². The van der Waals surface area contributed by atoms with E-state index in [9.17, 15) is 9.90 Å². The van der Waals surface area contributed by atoms with Gasteiger partial charge in [0.1, 0.15) is 11.3 Å². The molecule has 1 aromatic rings. The maximum absolute atomic E-state index is 11.7. The van der Waals surface area contributed by atoms with Crippen LogP contribution in [0.5, 0.6) is 0 Å². The Kier molecular flexibility index (Phi) is 4.28. The summed E-state index contributed by atoms with van der Waals surface area (Å²) >= 11 is 0. The number of hydrogen-bond donors (Lipinski definition) is 2. The highest BCUT2D eigenvalue weighted by Gasteiger charge is 2.23. The van der Waals surface area contributed by atoms with Crippen molar-refractivity contribution in [3.63, 3.8) is 0 Å². The number of aryl methyl sites for hydroxylation is 1. The van der Waals surface area contributed by atoms with Crippen molar-refractivity contribution in [2.45, 2.75) is 39.7 Å². The van der Waals surface area contributed by atoms with E-state index in [2.05, 4.69) is 10.5 Å². The van der Waals surface area contributed by atoms with Gasteiger partial charge in [-0.25, -0.2) is 0 Å². The number of hydrogen-bond acceptors (Lipinski definition) is 4. The molecule has 0 aromatic carbocycles. The van der Waals surface area contributed by atoms with Gasteiger partial charge in [-0.05, 0) is 26.2 Å². The minimum Gasteiger partial charge on any atom is -0.388 e. The van der Waals surface area contributed by atoms with Gasteiger partial charge in [-0.1, -0.05) is 19.0 Å². The number of nitrogens with zero attached hydrogens (tertiary/aromatic N) is 1. The predicted octanol–water partition coefficient (Wildman–Crippen LogP) is 1.51. The van der Waals surface area contributed by atoms with E-state index in [1.807, 2.05) is 13.8 Å². The molecule has 0 bridgehead atoms. The summed E-state index contributed by atoms with van der Waals surface area (Å²) in [5.74, 6) is 0.581. The quantitative estimate of drug-likeness (QED) is 0.818. The topological polar surface area (TPSA) is 75.4 Å². The first-order chi connectivity index (χ1) is 7.82. The maximum Gasteiger partial charge on any atom is 0.256 e. The van der Waals surface area contributed by atoms with Crippen LogP contribution in [0.15, 0.2) is 10.7 Å². The normalized spacial score (nSPS) is 14.7. The summed E-state index contributed by atoms with van der Waals surface area (Å²) in [4.78, 5) is 11.7. The molecule has 1 atom stereocenters. The zero-order valence-corrected chi connectivity index (χ0v) is 10.8. The zero-order valence-electron chi connectivity index (χ0n) is 10.8. The maximum atomic E-state index is 11.7. The van der Waals surface area contributed by atoms with Crippen LogP contribution in [-0.2, 0) is 0 Å². The van der Waals surface area contributed by atoms with Crippen molar-refractivity contribution in [3.05, 3.63) is 17.5 Å². The third kappa shape index (κ3) is 4.19. The lowest BCUT2D eigenvalue weighted by Crippen LogP contribution is -2.41. The molecule has 0 saturated carbocycles. The average molecular weight is 240 g/mol. The Bertz CT molecular complexity index is 383. The van der Waals surface area contributed by atoms with Crippen molar-refractivity contribution in [2.24, 2.45) is 5.92 Å². The summed E-state index contributed by atoms with van der Waals surface area (Å²) in [7, 11) is 0. The van der Waals surface area contributed by atoms with Gasteiger partial charge in [0, 0.05) is 6.54 Å². The molecule has 0 fully saturated rings. The molecule has 1 aromatic heterocycles. The van der Waals surface area contributed by atoms with Gasteiger partial charge >= 0.3 is 0 Å². The molecular weight excluding hydrogens is 220 g/mol. The number of carbonyl (C=O) groups excluding carboxylic acids is 1. The fourth-order valence-electron chi connectivity index (χ4n) is 1.83. The average Bonchev–Trinajstić information content (AvgIpc) is 2.59. The van der Waals surface area contributed by atoms with Crippen molar-refractivity contribution in [3.8, 4) is 0 Å². The molecule has 1 unspecified atom stereocenters. The first kappa shape index (κ1) is 13.7. The zero-order chi connectivity index (χ0) is 13.1. The SMILES string of the molecule is Cc1oncc1C(=O)NCC(C)(O)CC(C)C. The van der Waals surface area contributed by atoms with Crippen LogP contribution in [0.1, 0.15) is 43.3 Å². The first-order valence-electron chi connectivity index (χ1n) is 5.73. The monoisotopic (exact) mass is 240 g/mol. The Morgan fingerprint density at radius 2 is 2.29 bits per heavy atom. The lowest BCUT2D eigenvalue weighted by Gasteiger charge is -2.25. The fraction of sp³-hybridized carbons (Fsp3) is 0.667. The summed E-state index contributed by atoms with van der Waals surface area (Å²) in [5.41, 5.74) is -0.486. The summed E-state index contributed by atoms with van der Waals surface area (Å²) in [6.07, 6.45) is 2.01. The van der Waals surface area contributed by atoms with Gasteiger partial charge < -0.3 is 14.9 Å². The molecule has 0 radical (unpaired) electrons. The summed E-state index contributed by atoms with van der Waals surface area (Å²) < 4.78 is 4.81. The number of aromatic nitrogens is 1. The van der Waals surface area contributed by atoms with Gasteiger partial charge in [0.05, 0.1) is 11.8 Å². The van der Waals surface area contributed by atoms with Gasteiger partial charge in [-0.2, -0.15) is 0 Å². The van der Waals surface area contributed by atoms with Gasteiger partial charge in [-0.15, -0.1) is 0 Å². The van der Waals surface area contributed by atoms with Crippen LogP contribution in [0.3, 0.4) is 0 Å². The summed E-state index contributed by atoms with van der Waals surface area (Å²) in [6, 6.07) is 0. The smallest absolute Gasteiger partial charge is 0.256 e. The Hall–Kier alpha value is -1.36. The van der Waals surface area contributed by atoms with E-state index in [0.717, 1.165) is 0 Å². The van der Waals surface area contributed by atoms with Crippen LogP contribution in [0.25, 0.3) is 0 Å². The molecular formula is C12H20N2O3. The fourth-order valence-corrected chi connectivity index (χ4v) is 1.83. The number of nitrogens with one attached hydrogen (secondary N) is 1. The molecule has 0 aliphatic rings. The number of rotatable bonds is 5. The standard InChI is InChI=1S/C12H20N2O3/c1-8(2)5-12(4,16)7-13-11(15)10-6-14-17-9(10)3/h6,8,16H,5,7H2,1-4H3,(H,13,15). The Morgan fingerprint density at radius 1 is 1.65 bits per heavy atom.